The molecular formula is C21H45NO3Si. The lowest BCUT2D eigenvalue weighted by atomic mass is 10.1. The van der Waals surface area contributed by atoms with Gasteiger partial charge >= 0.3 is 8.80 Å². The van der Waals surface area contributed by atoms with Gasteiger partial charge in [-0.2, -0.15) is 0 Å². The summed E-state index contributed by atoms with van der Waals surface area (Å²) in [5.74, 6) is 0.666. The first kappa shape index (κ1) is 25.8. The summed E-state index contributed by atoms with van der Waals surface area (Å²) < 4.78 is 18.8. The highest BCUT2D eigenvalue weighted by atomic mass is 28.4. The van der Waals surface area contributed by atoms with Gasteiger partial charge in [-0.3, -0.25) is 4.99 Å². The smallest absolute Gasteiger partial charge is 0.373 e. The van der Waals surface area contributed by atoms with Crippen molar-refractivity contribution in [2.24, 2.45) is 10.9 Å². The van der Waals surface area contributed by atoms with Gasteiger partial charge in [0.1, 0.15) is 0 Å². The van der Waals surface area contributed by atoms with Crippen LogP contribution < -0.4 is 0 Å². The molecule has 0 saturated heterocycles. The Balaban J connectivity index is 4.74. The Morgan fingerprint density at radius 2 is 1.27 bits per heavy atom. The van der Waals surface area contributed by atoms with E-state index in [1.54, 1.807) is 0 Å². The maximum Gasteiger partial charge on any atom is 0.501 e. The topological polar surface area (TPSA) is 40.0 Å². The first-order valence-electron chi connectivity index (χ1n) is 10.9. The molecule has 0 heterocycles. The van der Waals surface area contributed by atoms with Crippen molar-refractivity contribution < 1.29 is 13.3 Å². The van der Waals surface area contributed by atoms with E-state index in [1.165, 1.54) is 5.71 Å². The lowest BCUT2D eigenvalue weighted by Gasteiger charge is -2.30. The van der Waals surface area contributed by atoms with Crippen LogP contribution in [0.1, 0.15) is 92.9 Å². The SMILES string of the molecule is CCCCO[Si](CCC/N=C(\C)CC(C)C)(OCCCC)OCCCC. The van der Waals surface area contributed by atoms with Crippen molar-refractivity contribution in [2.45, 2.75) is 99.0 Å². The van der Waals surface area contributed by atoms with Gasteiger partial charge in [0.2, 0.25) is 0 Å². The molecule has 0 spiro atoms. The van der Waals surface area contributed by atoms with Crippen molar-refractivity contribution in [3.05, 3.63) is 0 Å². The van der Waals surface area contributed by atoms with Gasteiger partial charge in [-0.15, -0.1) is 0 Å². The van der Waals surface area contributed by atoms with Crippen molar-refractivity contribution in [1.82, 2.24) is 0 Å². The lowest BCUT2D eigenvalue weighted by molar-refractivity contribution is 0.0560. The van der Waals surface area contributed by atoms with Gasteiger partial charge < -0.3 is 13.3 Å². The summed E-state index contributed by atoms with van der Waals surface area (Å²) in [5, 5.41) is 0. The molecule has 0 N–H and O–H groups in total. The molecule has 4 nitrogen and oxygen atoms in total. The highest BCUT2D eigenvalue weighted by molar-refractivity contribution is 6.60. The Kier molecular flexibility index (Phi) is 16.8. The van der Waals surface area contributed by atoms with Gasteiger partial charge in [-0.05, 0) is 44.9 Å². The molecule has 5 heteroatoms. The number of nitrogens with zero attached hydrogens (tertiary/aromatic N) is 1. The molecule has 0 bridgehead atoms. The molecule has 0 aliphatic rings. The molecule has 0 aliphatic carbocycles. The normalized spacial score (nSPS) is 13.0. The van der Waals surface area contributed by atoms with E-state index in [0.29, 0.717) is 5.92 Å². The molecule has 0 unspecified atom stereocenters. The monoisotopic (exact) mass is 387 g/mol. The molecule has 0 fully saturated rings. The number of hydrogen-bond donors (Lipinski definition) is 0. The molecule has 0 radical (unpaired) electrons. The van der Waals surface area contributed by atoms with Gasteiger partial charge in [0, 0.05) is 38.1 Å². The minimum absolute atomic E-state index is 0.666. The zero-order chi connectivity index (χ0) is 19.7. The van der Waals surface area contributed by atoms with Crippen LogP contribution >= 0.6 is 0 Å². The molecule has 0 atom stereocenters. The van der Waals surface area contributed by atoms with Crippen molar-refractivity contribution in [1.29, 1.82) is 0 Å². The van der Waals surface area contributed by atoms with Gasteiger partial charge in [0.25, 0.3) is 0 Å². The Hall–Kier alpha value is -0.233. The summed E-state index contributed by atoms with van der Waals surface area (Å²) in [6.07, 6.45) is 8.65. The first-order valence-corrected chi connectivity index (χ1v) is 12.8. The highest BCUT2D eigenvalue weighted by Crippen LogP contribution is 2.20. The maximum atomic E-state index is 6.28. The van der Waals surface area contributed by atoms with Crippen LogP contribution in [0.25, 0.3) is 0 Å². The fourth-order valence-corrected chi connectivity index (χ4v) is 5.32. The summed E-state index contributed by atoms with van der Waals surface area (Å²) >= 11 is 0. The Morgan fingerprint density at radius 3 is 1.65 bits per heavy atom. The van der Waals surface area contributed by atoms with E-state index < -0.39 is 8.80 Å². The summed E-state index contributed by atoms with van der Waals surface area (Å²) in [6, 6.07) is 0.878. The summed E-state index contributed by atoms with van der Waals surface area (Å²) in [5.41, 5.74) is 1.25. The van der Waals surface area contributed by atoms with Crippen LogP contribution in [0.4, 0.5) is 0 Å². The van der Waals surface area contributed by atoms with Crippen molar-refractivity contribution in [3.8, 4) is 0 Å². The van der Waals surface area contributed by atoms with E-state index in [0.717, 1.165) is 83.8 Å². The lowest BCUT2D eigenvalue weighted by Crippen LogP contribution is -2.46. The van der Waals surface area contributed by atoms with Crippen molar-refractivity contribution >= 4 is 14.5 Å². The average Bonchev–Trinajstić information content (AvgIpc) is 2.59. The maximum absolute atomic E-state index is 6.28. The Labute approximate surface area is 164 Å². The third-order valence-corrected chi connectivity index (χ3v) is 7.08. The van der Waals surface area contributed by atoms with E-state index in [-0.39, 0.29) is 0 Å². The third-order valence-electron chi connectivity index (χ3n) is 4.19. The summed E-state index contributed by atoms with van der Waals surface area (Å²) in [6.45, 7) is 16.3. The standard InChI is InChI=1S/C21H45NO3Si/c1-7-10-15-23-26(24-16-11-8-2,25-17-12-9-3)18-13-14-22-21(6)19-20(4)5/h20H,7-19H2,1-6H3/b22-21+. The largest absolute Gasteiger partial charge is 0.501 e. The highest BCUT2D eigenvalue weighted by Gasteiger charge is 2.40. The van der Waals surface area contributed by atoms with E-state index >= 15 is 0 Å². The number of hydrogen-bond acceptors (Lipinski definition) is 4. The van der Waals surface area contributed by atoms with Gasteiger partial charge in [-0.1, -0.05) is 53.9 Å². The molecule has 156 valence electrons. The van der Waals surface area contributed by atoms with E-state index in [9.17, 15) is 0 Å². The minimum Gasteiger partial charge on any atom is -0.373 e. The fourth-order valence-electron chi connectivity index (χ4n) is 2.68. The quantitative estimate of drug-likeness (QED) is 0.158. The van der Waals surface area contributed by atoms with Crippen LogP contribution in [0.15, 0.2) is 4.99 Å². The van der Waals surface area contributed by atoms with Crippen LogP contribution in [0.3, 0.4) is 0 Å². The van der Waals surface area contributed by atoms with Gasteiger partial charge in [0.05, 0.1) is 0 Å². The zero-order valence-corrected chi connectivity index (χ0v) is 19.4. The molecule has 0 saturated carbocycles. The van der Waals surface area contributed by atoms with E-state index in [2.05, 4.69) is 41.5 Å². The Morgan fingerprint density at radius 1 is 0.808 bits per heavy atom. The molecule has 0 aromatic rings. The van der Waals surface area contributed by atoms with E-state index in [4.69, 9.17) is 18.3 Å². The average molecular weight is 388 g/mol. The van der Waals surface area contributed by atoms with Gasteiger partial charge in [-0.25, -0.2) is 0 Å². The molecule has 0 rings (SSSR count). The molecule has 0 amide bonds. The summed E-state index contributed by atoms with van der Waals surface area (Å²) in [7, 11) is -2.58. The number of aliphatic imine (C=N–C) groups is 1. The van der Waals surface area contributed by atoms with Crippen LogP contribution in [0, 0.1) is 5.92 Å². The fraction of sp³-hybridized carbons (Fsp3) is 0.952. The molecule has 0 aromatic heterocycles. The number of unbranched alkanes of at least 4 members (excludes halogenated alkanes) is 3. The van der Waals surface area contributed by atoms with Gasteiger partial charge in [0.15, 0.2) is 0 Å². The second kappa shape index (κ2) is 16.9. The van der Waals surface area contributed by atoms with Crippen molar-refractivity contribution in [2.75, 3.05) is 26.4 Å². The summed E-state index contributed by atoms with van der Waals surface area (Å²) in [4.78, 5) is 4.73. The second-order valence-corrected chi connectivity index (χ2v) is 10.3. The molecular weight excluding hydrogens is 342 g/mol. The van der Waals surface area contributed by atoms with Crippen molar-refractivity contribution in [3.63, 3.8) is 0 Å². The third kappa shape index (κ3) is 13.9. The minimum atomic E-state index is -2.58. The molecule has 0 aliphatic heterocycles. The van der Waals surface area contributed by atoms with Crippen LogP contribution in [0.5, 0.6) is 0 Å². The number of rotatable bonds is 18. The first-order chi connectivity index (χ1) is 12.5. The van der Waals surface area contributed by atoms with E-state index in [1.807, 2.05) is 0 Å². The van der Waals surface area contributed by atoms with Crippen LogP contribution in [0.2, 0.25) is 6.04 Å². The van der Waals surface area contributed by atoms with Crippen LogP contribution in [-0.4, -0.2) is 40.9 Å². The molecule has 26 heavy (non-hydrogen) atoms. The second-order valence-electron chi connectivity index (χ2n) is 7.61. The zero-order valence-electron chi connectivity index (χ0n) is 18.4. The van der Waals surface area contributed by atoms with Crippen LogP contribution in [-0.2, 0) is 13.3 Å². The predicted octanol–water partition coefficient (Wildman–Crippen LogP) is 6.27. The molecule has 0 aromatic carbocycles. The Bertz CT molecular complexity index is 322. The predicted molar refractivity (Wildman–Crippen MR) is 115 cm³/mol.